The van der Waals surface area contributed by atoms with Gasteiger partial charge in [0.1, 0.15) is 12.1 Å². The van der Waals surface area contributed by atoms with Crippen LogP contribution in [0.2, 0.25) is 0 Å². The SMILES string of the molecule is Cc1ncnc(C)c1-c1cccc2c(CCCOc3cccc4ccccc34)c(OC(=O)O)n(Cc3ccccn3)c12. The minimum atomic E-state index is -1.37. The van der Waals surface area contributed by atoms with Crippen LogP contribution < -0.4 is 9.47 Å². The molecule has 8 nitrogen and oxygen atoms in total. The van der Waals surface area contributed by atoms with Crippen LogP contribution >= 0.6 is 0 Å². The molecule has 8 heteroatoms. The van der Waals surface area contributed by atoms with Gasteiger partial charge in [0.15, 0.2) is 0 Å². The molecule has 3 aromatic heterocycles. The monoisotopic (exact) mass is 558 g/mol. The summed E-state index contributed by atoms with van der Waals surface area (Å²) >= 11 is 0. The lowest BCUT2D eigenvalue weighted by atomic mass is 9.98. The fourth-order valence-corrected chi connectivity index (χ4v) is 5.64. The molecule has 1 N–H and O–H groups in total. The van der Waals surface area contributed by atoms with Crippen LogP contribution in [-0.2, 0) is 13.0 Å². The first-order valence-electron chi connectivity index (χ1n) is 13.8. The maximum absolute atomic E-state index is 12.0. The van der Waals surface area contributed by atoms with Gasteiger partial charge in [0.2, 0.25) is 5.88 Å². The van der Waals surface area contributed by atoms with Crippen molar-refractivity contribution >= 4 is 27.8 Å². The van der Waals surface area contributed by atoms with E-state index in [1.54, 1.807) is 12.5 Å². The Morgan fingerprint density at radius 1 is 0.857 bits per heavy atom. The lowest BCUT2D eigenvalue weighted by Gasteiger charge is -2.14. The number of hydrogen-bond donors (Lipinski definition) is 1. The van der Waals surface area contributed by atoms with E-state index in [2.05, 4.69) is 27.1 Å². The molecule has 0 radical (unpaired) electrons. The number of pyridine rings is 1. The van der Waals surface area contributed by atoms with Crippen LogP contribution in [0.1, 0.15) is 29.1 Å². The van der Waals surface area contributed by atoms with Crippen LogP contribution in [-0.4, -0.2) is 37.4 Å². The van der Waals surface area contributed by atoms with Gasteiger partial charge in [-0.1, -0.05) is 60.7 Å². The highest BCUT2D eigenvalue weighted by Crippen LogP contribution is 2.40. The molecule has 0 unspecified atom stereocenters. The number of carboxylic acid groups (broad SMARTS) is 1. The third kappa shape index (κ3) is 5.26. The number of rotatable bonds is 9. The number of ether oxygens (including phenoxy) is 2. The number of aromatic nitrogens is 4. The van der Waals surface area contributed by atoms with Gasteiger partial charge in [-0.05, 0) is 50.3 Å². The van der Waals surface area contributed by atoms with Crippen LogP contribution in [0.4, 0.5) is 4.79 Å². The molecule has 0 atom stereocenters. The summed E-state index contributed by atoms with van der Waals surface area (Å²) in [4.78, 5) is 25.4. The Bertz CT molecular complexity index is 1870. The van der Waals surface area contributed by atoms with E-state index in [-0.39, 0.29) is 5.88 Å². The van der Waals surface area contributed by atoms with E-state index < -0.39 is 6.16 Å². The van der Waals surface area contributed by atoms with Gasteiger partial charge in [-0.15, -0.1) is 0 Å². The molecule has 0 aliphatic heterocycles. The van der Waals surface area contributed by atoms with E-state index in [9.17, 15) is 9.90 Å². The number of nitrogens with zero attached hydrogens (tertiary/aromatic N) is 4. The van der Waals surface area contributed by atoms with Gasteiger partial charge >= 0.3 is 6.16 Å². The molecule has 0 saturated carbocycles. The summed E-state index contributed by atoms with van der Waals surface area (Å²) in [6, 6.07) is 25.8. The molecule has 3 aromatic carbocycles. The smallest absolute Gasteiger partial charge is 0.493 e. The molecular weight excluding hydrogens is 528 g/mol. The molecule has 6 rings (SSSR count). The van der Waals surface area contributed by atoms with E-state index in [1.165, 1.54) is 0 Å². The zero-order valence-electron chi connectivity index (χ0n) is 23.4. The predicted molar refractivity (Wildman–Crippen MR) is 162 cm³/mol. The molecule has 3 heterocycles. The average Bonchev–Trinajstić information content (AvgIpc) is 3.27. The minimum Gasteiger partial charge on any atom is -0.493 e. The lowest BCUT2D eigenvalue weighted by molar-refractivity contribution is 0.140. The number of para-hydroxylation sites is 1. The summed E-state index contributed by atoms with van der Waals surface area (Å²) in [5.41, 5.74) is 5.94. The summed E-state index contributed by atoms with van der Waals surface area (Å²) in [6.45, 7) is 4.69. The molecular formula is C34H30N4O4. The molecule has 210 valence electrons. The Labute approximate surface area is 243 Å². The highest BCUT2D eigenvalue weighted by molar-refractivity contribution is 5.99. The summed E-state index contributed by atoms with van der Waals surface area (Å²) in [5, 5.41) is 12.9. The molecule has 0 spiro atoms. The zero-order valence-corrected chi connectivity index (χ0v) is 23.4. The van der Waals surface area contributed by atoms with Gasteiger partial charge in [0.25, 0.3) is 0 Å². The van der Waals surface area contributed by atoms with Crippen molar-refractivity contribution in [2.24, 2.45) is 0 Å². The van der Waals surface area contributed by atoms with E-state index in [0.717, 1.165) is 61.2 Å². The van der Waals surface area contributed by atoms with Crippen molar-refractivity contribution < 1.29 is 19.4 Å². The van der Waals surface area contributed by atoms with Crippen LogP contribution in [0.3, 0.4) is 0 Å². The van der Waals surface area contributed by atoms with Crippen LogP contribution in [0.25, 0.3) is 32.8 Å². The maximum atomic E-state index is 12.0. The Kier molecular flexibility index (Phi) is 7.51. The van der Waals surface area contributed by atoms with Gasteiger partial charge in [-0.2, -0.15) is 0 Å². The summed E-state index contributed by atoms with van der Waals surface area (Å²) in [5.74, 6) is 1.11. The molecule has 0 saturated heterocycles. The minimum absolute atomic E-state index is 0.285. The molecule has 0 bridgehead atoms. The third-order valence-corrected chi connectivity index (χ3v) is 7.44. The molecule has 42 heavy (non-hydrogen) atoms. The van der Waals surface area contributed by atoms with Crippen LogP contribution in [0.5, 0.6) is 11.6 Å². The molecule has 0 aliphatic rings. The molecule has 0 amide bonds. The van der Waals surface area contributed by atoms with Gasteiger partial charge in [-0.3, -0.25) is 4.98 Å². The van der Waals surface area contributed by atoms with Crippen molar-refractivity contribution in [2.75, 3.05) is 6.61 Å². The number of carbonyl (C=O) groups is 1. The molecule has 0 aliphatic carbocycles. The predicted octanol–water partition coefficient (Wildman–Crippen LogP) is 7.38. The Morgan fingerprint density at radius 3 is 2.38 bits per heavy atom. The van der Waals surface area contributed by atoms with Crippen molar-refractivity contribution in [1.29, 1.82) is 0 Å². The van der Waals surface area contributed by atoms with Crippen molar-refractivity contribution in [1.82, 2.24) is 19.5 Å². The molecule has 0 fully saturated rings. The normalized spacial score (nSPS) is 11.2. The third-order valence-electron chi connectivity index (χ3n) is 7.44. The topological polar surface area (TPSA) is 99.4 Å². The van der Waals surface area contributed by atoms with E-state index in [4.69, 9.17) is 9.47 Å². The van der Waals surface area contributed by atoms with Crippen molar-refractivity contribution in [3.05, 3.63) is 114 Å². The van der Waals surface area contributed by atoms with Crippen molar-refractivity contribution in [3.8, 4) is 22.8 Å². The quantitative estimate of drug-likeness (QED) is 0.146. The Balaban J connectivity index is 1.43. The summed E-state index contributed by atoms with van der Waals surface area (Å²) < 4.78 is 13.7. The van der Waals surface area contributed by atoms with Gasteiger partial charge in [-0.25, -0.2) is 14.8 Å². The second kappa shape index (κ2) is 11.7. The van der Waals surface area contributed by atoms with E-state index in [1.807, 2.05) is 85.1 Å². The fourth-order valence-electron chi connectivity index (χ4n) is 5.64. The number of hydrogen-bond acceptors (Lipinski definition) is 6. The van der Waals surface area contributed by atoms with E-state index >= 15 is 0 Å². The van der Waals surface area contributed by atoms with Crippen molar-refractivity contribution in [3.63, 3.8) is 0 Å². The van der Waals surface area contributed by atoms with Crippen LogP contribution in [0.15, 0.2) is 91.4 Å². The Hall–Kier alpha value is -5.24. The number of benzene rings is 3. The standard InChI is InChI=1S/C34H30N4O4/c1-22-31(23(2)37-21-36-22)29-15-8-14-27-28(16-9-19-41-30-17-7-11-24-10-3-4-13-26(24)30)33(42-34(39)40)38(32(27)29)20-25-12-5-6-18-35-25/h3-8,10-15,17-18,21H,9,16,19-20H2,1-2H3,(H,39,40). The second-order valence-corrected chi connectivity index (χ2v) is 10.1. The van der Waals surface area contributed by atoms with Crippen molar-refractivity contribution in [2.45, 2.75) is 33.2 Å². The number of fused-ring (bicyclic) bond motifs is 2. The van der Waals surface area contributed by atoms with Gasteiger partial charge in [0.05, 0.1) is 24.4 Å². The summed E-state index contributed by atoms with van der Waals surface area (Å²) in [7, 11) is 0. The van der Waals surface area contributed by atoms with Gasteiger partial charge in [0, 0.05) is 45.0 Å². The maximum Gasteiger partial charge on any atom is 0.512 e. The van der Waals surface area contributed by atoms with Crippen LogP contribution in [0, 0.1) is 13.8 Å². The first-order valence-corrected chi connectivity index (χ1v) is 13.8. The van der Waals surface area contributed by atoms with E-state index in [0.29, 0.717) is 26.0 Å². The average molecular weight is 559 g/mol. The zero-order chi connectivity index (χ0) is 29.1. The summed E-state index contributed by atoms with van der Waals surface area (Å²) in [6.07, 6.45) is 3.11. The first kappa shape index (κ1) is 27.0. The number of aryl methyl sites for hydroxylation is 3. The highest BCUT2D eigenvalue weighted by atomic mass is 16.7. The fraction of sp³-hybridized carbons (Fsp3) is 0.176. The second-order valence-electron chi connectivity index (χ2n) is 10.1. The first-order chi connectivity index (χ1) is 20.5. The highest BCUT2D eigenvalue weighted by Gasteiger charge is 2.25. The van der Waals surface area contributed by atoms with Gasteiger partial charge < -0.3 is 19.1 Å². The Morgan fingerprint density at radius 2 is 1.60 bits per heavy atom. The lowest BCUT2D eigenvalue weighted by Crippen LogP contribution is -2.12. The molecule has 6 aromatic rings. The largest absolute Gasteiger partial charge is 0.512 e.